The zero-order valence-corrected chi connectivity index (χ0v) is 9.63. The average molecular weight is 235 g/mol. The molecule has 17 heavy (non-hydrogen) atoms. The zero-order valence-electron chi connectivity index (χ0n) is 9.63. The molecule has 0 aliphatic heterocycles. The molecule has 5 heteroatoms. The normalized spacial score (nSPS) is 24.3. The first kappa shape index (κ1) is 11.9. The van der Waals surface area contributed by atoms with E-state index in [9.17, 15) is 4.79 Å². The van der Waals surface area contributed by atoms with Crippen molar-refractivity contribution in [1.29, 1.82) is 0 Å². The number of amides is 1. The van der Waals surface area contributed by atoms with Crippen LogP contribution in [0.4, 0.5) is 0 Å². The van der Waals surface area contributed by atoms with Gasteiger partial charge >= 0.3 is 0 Å². The highest BCUT2D eigenvalue weighted by molar-refractivity contribution is 5.90. The van der Waals surface area contributed by atoms with Crippen molar-refractivity contribution < 1.29 is 9.53 Å². The van der Waals surface area contributed by atoms with E-state index >= 15 is 0 Å². The molecule has 0 radical (unpaired) electrons. The monoisotopic (exact) mass is 235 g/mol. The van der Waals surface area contributed by atoms with Gasteiger partial charge in [0, 0.05) is 12.1 Å². The Bertz CT molecular complexity index is 408. The lowest BCUT2D eigenvalue weighted by atomic mass is 9.94. The summed E-state index contributed by atoms with van der Waals surface area (Å²) >= 11 is 0. The number of nitrogens with zero attached hydrogens (tertiary/aromatic N) is 1. The highest BCUT2D eigenvalue weighted by atomic mass is 16.5. The lowest BCUT2D eigenvalue weighted by Gasteiger charge is -2.26. The first-order valence-electron chi connectivity index (χ1n) is 5.84. The Morgan fingerprint density at radius 2 is 2.24 bits per heavy atom. The predicted octanol–water partition coefficient (Wildman–Crippen LogP) is 0.829. The van der Waals surface area contributed by atoms with Crippen LogP contribution in [0.25, 0.3) is 0 Å². The molecule has 2 atom stereocenters. The third-order valence-corrected chi connectivity index (χ3v) is 2.93. The van der Waals surface area contributed by atoms with Gasteiger partial charge in [-0.15, -0.1) is 0 Å². The van der Waals surface area contributed by atoms with E-state index in [0.29, 0.717) is 5.88 Å². The van der Waals surface area contributed by atoms with E-state index < -0.39 is 5.91 Å². The molecule has 1 heterocycles. The molecule has 4 N–H and O–H groups in total. The maximum atomic E-state index is 11.0. The molecule has 2 unspecified atom stereocenters. The Morgan fingerprint density at radius 3 is 2.94 bits per heavy atom. The van der Waals surface area contributed by atoms with Crippen molar-refractivity contribution in [3.05, 3.63) is 23.9 Å². The molecule has 0 saturated heterocycles. The molecule has 1 aromatic rings. The van der Waals surface area contributed by atoms with Crippen LogP contribution in [-0.2, 0) is 0 Å². The van der Waals surface area contributed by atoms with Gasteiger partial charge in [0.05, 0.1) is 0 Å². The number of aromatic nitrogens is 1. The predicted molar refractivity (Wildman–Crippen MR) is 63.6 cm³/mol. The van der Waals surface area contributed by atoms with Crippen LogP contribution in [0.15, 0.2) is 18.2 Å². The second-order valence-corrected chi connectivity index (χ2v) is 4.39. The molecule has 0 aromatic carbocycles. The molecule has 1 fully saturated rings. The molecule has 1 aromatic heterocycles. The van der Waals surface area contributed by atoms with Crippen LogP contribution < -0.4 is 16.2 Å². The van der Waals surface area contributed by atoms with Gasteiger partial charge in [-0.05, 0) is 31.7 Å². The Kier molecular flexibility index (Phi) is 3.58. The molecule has 1 amide bonds. The summed E-state index contributed by atoms with van der Waals surface area (Å²) in [7, 11) is 0. The van der Waals surface area contributed by atoms with E-state index in [4.69, 9.17) is 16.2 Å². The van der Waals surface area contributed by atoms with E-state index in [1.807, 2.05) is 0 Å². The van der Waals surface area contributed by atoms with E-state index in [-0.39, 0.29) is 17.8 Å². The van der Waals surface area contributed by atoms with Gasteiger partial charge in [0.15, 0.2) is 0 Å². The average Bonchev–Trinajstić information content (AvgIpc) is 2.29. The van der Waals surface area contributed by atoms with E-state index in [0.717, 1.165) is 25.7 Å². The molecule has 5 nitrogen and oxygen atoms in total. The van der Waals surface area contributed by atoms with Gasteiger partial charge in [0.2, 0.25) is 5.88 Å². The molecular formula is C12H17N3O2. The van der Waals surface area contributed by atoms with Gasteiger partial charge in [0.25, 0.3) is 5.91 Å². The summed E-state index contributed by atoms with van der Waals surface area (Å²) in [6.45, 7) is 0. The first-order chi connectivity index (χ1) is 8.15. The molecule has 0 bridgehead atoms. The topological polar surface area (TPSA) is 91.2 Å². The molecule has 1 aliphatic carbocycles. The molecule has 1 saturated carbocycles. The Hall–Kier alpha value is -1.62. The van der Waals surface area contributed by atoms with Gasteiger partial charge in [-0.1, -0.05) is 6.07 Å². The molecule has 1 aliphatic rings. The number of nitrogens with two attached hydrogens (primary N) is 2. The number of ether oxygens (including phenoxy) is 1. The molecule has 0 spiro atoms. The van der Waals surface area contributed by atoms with Gasteiger partial charge in [0.1, 0.15) is 11.8 Å². The van der Waals surface area contributed by atoms with E-state index in [2.05, 4.69) is 4.98 Å². The highest BCUT2D eigenvalue weighted by Crippen LogP contribution is 2.21. The summed E-state index contributed by atoms with van der Waals surface area (Å²) in [6, 6.07) is 5.22. The van der Waals surface area contributed by atoms with Gasteiger partial charge in [-0.3, -0.25) is 4.79 Å². The van der Waals surface area contributed by atoms with Crippen molar-refractivity contribution in [2.45, 2.75) is 37.8 Å². The zero-order chi connectivity index (χ0) is 12.3. The second-order valence-electron chi connectivity index (χ2n) is 4.39. The van der Waals surface area contributed by atoms with Gasteiger partial charge < -0.3 is 16.2 Å². The molecule has 2 rings (SSSR count). The maximum Gasteiger partial charge on any atom is 0.267 e. The number of hydrogen-bond donors (Lipinski definition) is 2. The summed E-state index contributed by atoms with van der Waals surface area (Å²) < 4.78 is 5.72. The second kappa shape index (κ2) is 5.14. The SMILES string of the molecule is NC(=O)c1cccc(OC2CCCC(N)C2)n1. The lowest BCUT2D eigenvalue weighted by molar-refractivity contribution is 0.0990. The summed E-state index contributed by atoms with van der Waals surface area (Å²) in [5.74, 6) is -0.101. The van der Waals surface area contributed by atoms with Crippen LogP contribution in [0, 0.1) is 0 Å². The Morgan fingerprint density at radius 1 is 1.41 bits per heavy atom. The van der Waals surface area contributed by atoms with Crippen molar-refractivity contribution in [2.24, 2.45) is 11.5 Å². The van der Waals surface area contributed by atoms with Crippen molar-refractivity contribution in [3.8, 4) is 5.88 Å². The van der Waals surface area contributed by atoms with Crippen molar-refractivity contribution >= 4 is 5.91 Å². The van der Waals surface area contributed by atoms with Gasteiger partial charge in [-0.25, -0.2) is 4.98 Å². The third-order valence-electron chi connectivity index (χ3n) is 2.93. The van der Waals surface area contributed by atoms with Crippen LogP contribution >= 0.6 is 0 Å². The summed E-state index contributed by atoms with van der Waals surface area (Å²) in [6.07, 6.45) is 4.03. The van der Waals surface area contributed by atoms with Gasteiger partial charge in [-0.2, -0.15) is 0 Å². The fourth-order valence-electron chi connectivity index (χ4n) is 2.08. The summed E-state index contributed by atoms with van der Waals surface area (Å²) in [5, 5.41) is 0. The van der Waals surface area contributed by atoms with Crippen molar-refractivity contribution in [2.75, 3.05) is 0 Å². The Labute approximate surface area is 100 Å². The molecular weight excluding hydrogens is 218 g/mol. The quantitative estimate of drug-likeness (QED) is 0.811. The number of hydrogen-bond acceptors (Lipinski definition) is 4. The number of carbonyl (C=O) groups excluding carboxylic acids is 1. The van der Waals surface area contributed by atoms with Crippen LogP contribution in [0.2, 0.25) is 0 Å². The standard InChI is InChI=1S/C12H17N3O2/c13-8-3-1-4-9(7-8)17-11-6-2-5-10(15-11)12(14)16/h2,5-6,8-9H,1,3-4,7,13H2,(H2,14,16). The largest absolute Gasteiger partial charge is 0.474 e. The third kappa shape index (κ3) is 3.17. The maximum absolute atomic E-state index is 11.0. The van der Waals surface area contributed by atoms with Crippen molar-refractivity contribution in [1.82, 2.24) is 4.98 Å². The minimum Gasteiger partial charge on any atom is -0.474 e. The van der Waals surface area contributed by atoms with Crippen molar-refractivity contribution in [3.63, 3.8) is 0 Å². The summed E-state index contributed by atoms with van der Waals surface area (Å²) in [5.41, 5.74) is 11.3. The number of rotatable bonds is 3. The van der Waals surface area contributed by atoms with E-state index in [1.165, 1.54) is 0 Å². The minimum atomic E-state index is -0.546. The van der Waals surface area contributed by atoms with E-state index in [1.54, 1.807) is 18.2 Å². The van der Waals surface area contributed by atoms with Crippen LogP contribution in [0.3, 0.4) is 0 Å². The number of primary amides is 1. The summed E-state index contributed by atoms with van der Waals surface area (Å²) in [4.78, 5) is 15.0. The lowest BCUT2D eigenvalue weighted by Crippen LogP contribution is -2.34. The fraction of sp³-hybridized carbons (Fsp3) is 0.500. The Balaban J connectivity index is 2.02. The minimum absolute atomic E-state index is 0.0920. The van der Waals surface area contributed by atoms with Crippen LogP contribution in [0.5, 0.6) is 5.88 Å². The number of carbonyl (C=O) groups is 1. The highest BCUT2D eigenvalue weighted by Gasteiger charge is 2.21. The van der Waals surface area contributed by atoms with Crippen LogP contribution in [-0.4, -0.2) is 23.0 Å². The van der Waals surface area contributed by atoms with Crippen LogP contribution in [0.1, 0.15) is 36.2 Å². The smallest absolute Gasteiger partial charge is 0.267 e. The molecule has 92 valence electrons. The fourth-order valence-corrected chi connectivity index (χ4v) is 2.08. The first-order valence-corrected chi connectivity index (χ1v) is 5.84. The number of pyridine rings is 1.